The molecule has 96 valence electrons. The molecule has 0 aliphatic rings. The molecule has 0 spiro atoms. The van der Waals surface area contributed by atoms with E-state index in [0.29, 0.717) is 5.95 Å². The van der Waals surface area contributed by atoms with Crippen molar-refractivity contribution in [2.24, 2.45) is 0 Å². The molecule has 0 saturated heterocycles. The van der Waals surface area contributed by atoms with Crippen molar-refractivity contribution in [1.29, 1.82) is 0 Å². The minimum absolute atomic E-state index is 0.683. The molecule has 0 radical (unpaired) electrons. The number of nitrogens with one attached hydrogen (secondary N) is 2. The summed E-state index contributed by atoms with van der Waals surface area (Å²) in [5.74, 6) is 1.55. The highest BCUT2D eigenvalue weighted by molar-refractivity contribution is 7.10. The second kappa shape index (κ2) is 5.82. The Morgan fingerprint density at radius 1 is 1.22 bits per heavy atom. The molecule has 4 nitrogen and oxygen atoms in total. The van der Waals surface area contributed by atoms with E-state index in [4.69, 9.17) is 0 Å². The smallest absolute Gasteiger partial charge is 0.224 e. The first-order chi connectivity index (χ1) is 8.69. The molecule has 2 aromatic heterocycles. The van der Waals surface area contributed by atoms with Crippen LogP contribution in [0.2, 0.25) is 0 Å². The van der Waals surface area contributed by atoms with Gasteiger partial charge in [0, 0.05) is 23.2 Å². The summed E-state index contributed by atoms with van der Waals surface area (Å²) in [6.07, 6.45) is 0. The van der Waals surface area contributed by atoms with Gasteiger partial charge >= 0.3 is 0 Å². The fourth-order valence-corrected chi connectivity index (χ4v) is 2.50. The lowest BCUT2D eigenvalue weighted by atomic mass is 10.3. The van der Waals surface area contributed by atoms with Crippen LogP contribution in [0.1, 0.15) is 23.1 Å². The van der Waals surface area contributed by atoms with Gasteiger partial charge in [-0.1, -0.05) is 0 Å². The lowest BCUT2D eigenvalue weighted by Crippen LogP contribution is -2.07. The van der Waals surface area contributed by atoms with Crippen LogP contribution in [0.3, 0.4) is 0 Å². The van der Waals surface area contributed by atoms with Crippen molar-refractivity contribution in [2.75, 3.05) is 17.2 Å². The van der Waals surface area contributed by atoms with Gasteiger partial charge in [-0.15, -0.1) is 11.3 Å². The van der Waals surface area contributed by atoms with Crippen molar-refractivity contribution in [3.63, 3.8) is 0 Å². The monoisotopic (exact) mass is 262 g/mol. The molecule has 0 atom stereocenters. The molecule has 0 unspecified atom stereocenters. The first kappa shape index (κ1) is 12.8. The third-order valence-corrected chi connectivity index (χ3v) is 3.61. The molecule has 2 aromatic rings. The van der Waals surface area contributed by atoms with Crippen LogP contribution in [-0.2, 0) is 6.54 Å². The SMILES string of the molecule is CCNc1nc(C)cc(NCc2sccc2C)n1. The van der Waals surface area contributed by atoms with Gasteiger partial charge in [0.2, 0.25) is 5.95 Å². The Morgan fingerprint density at radius 3 is 2.72 bits per heavy atom. The van der Waals surface area contributed by atoms with Crippen LogP contribution in [0, 0.1) is 13.8 Å². The van der Waals surface area contributed by atoms with Crippen LogP contribution >= 0.6 is 11.3 Å². The fraction of sp³-hybridized carbons (Fsp3) is 0.385. The number of hydrogen-bond acceptors (Lipinski definition) is 5. The summed E-state index contributed by atoms with van der Waals surface area (Å²) >= 11 is 1.77. The number of hydrogen-bond donors (Lipinski definition) is 2. The van der Waals surface area contributed by atoms with E-state index >= 15 is 0 Å². The maximum absolute atomic E-state index is 4.42. The standard InChI is InChI=1S/C13H18N4S/c1-4-14-13-16-10(3)7-12(17-13)15-8-11-9(2)5-6-18-11/h5-7H,4,8H2,1-3H3,(H2,14,15,16,17). The van der Waals surface area contributed by atoms with Crippen LogP contribution in [0.4, 0.5) is 11.8 Å². The predicted octanol–water partition coefficient (Wildman–Crippen LogP) is 3.20. The molecule has 0 amide bonds. The minimum atomic E-state index is 0.683. The lowest BCUT2D eigenvalue weighted by molar-refractivity contribution is 1.03. The molecule has 2 heterocycles. The maximum Gasteiger partial charge on any atom is 0.224 e. The van der Waals surface area contributed by atoms with Gasteiger partial charge in [0.25, 0.3) is 0 Å². The summed E-state index contributed by atoms with van der Waals surface area (Å²) in [6.45, 7) is 7.78. The molecule has 0 fully saturated rings. The average Bonchev–Trinajstić information content (AvgIpc) is 2.72. The minimum Gasteiger partial charge on any atom is -0.365 e. The summed E-state index contributed by atoms with van der Waals surface area (Å²) in [7, 11) is 0. The Morgan fingerprint density at radius 2 is 2.06 bits per heavy atom. The van der Waals surface area contributed by atoms with E-state index in [1.54, 1.807) is 11.3 Å². The van der Waals surface area contributed by atoms with Gasteiger partial charge in [0.1, 0.15) is 5.82 Å². The maximum atomic E-state index is 4.42. The number of anilines is 2. The molecular weight excluding hydrogens is 244 g/mol. The van der Waals surface area contributed by atoms with E-state index in [2.05, 4.69) is 39.0 Å². The predicted molar refractivity (Wildman–Crippen MR) is 77.3 cm³/mol. The number of aryl methyl sites for hydroxylation is 2. The molecule has 0 aliphatic carbocycles. The average molecular weight is 262 g/mol. The largest absolute Gasteiger partial charge is 0.365 e. The zero-order valence-electron chi connectivity index (χ0n) is 10.9. The van der Waals surface area contributed by atoms with Crippen LogP contribution < -0.4 is 10.6 Å². The van der Waals surface area contributed by atoms with Crippen molar-refractivity contribution in [1.82, 2.24) is 9.97 Å². The molecule has 0 saturated carbocycles. The quantitative estimate of drug-likeness (QED) is 0.869. The van der Waals surface area contributed by atoms with Gasteiger partial charge in [-0.2, -0.15) is 4.98 Å². The number of thiophene rings is 1. The number of aromatic nitrogens is 2. The molecule has 18 heavy (non-hydrogen) atoms. The van der Waals surface area contributed by atoms with Crippen molar-refractivity contribution in [2.45, 2.75) is 27.3 Å². The van der Waals surface area contributed by atoms with Crippen molar-refractivity contribution < 1.29 is 0 Å². The Hall–Kier alpha value is -1.62. The Balaban J connectivity index is 2.07. The third kappa shape index (κ3) is 3.20. The second-order valence-electron chi connectivity index (χ2n) is 4.13. The van der Waals surface area contributed by atoms with Gasteiger partial charge in [-0.05, 0) is 37.8 Å². The summed E-state index contributed by atoms with van der Waals surface area (Å²) in [4.78, 5) is 10.1. The van der Waals surface area contributed by atoms with Crippen LogP contribution in [0.5, 0.6) is 0 Å². The molecule has 0 bridgehead atoms. The van der Waals surface area contributed by atoms with E-state index in [9.17, 15) is 0 Å². The van der Waals surface area contributed by atoms with Crippen molar-refractivity contribution in [3.8, 4) is 0 Å². The zero-order chi connectivity index (χ0) is 13.0. The van der Waals surface area contributed by atoms with Gasteiger partial charge < -0.3 is 10.6 Å². The van der Waals surface area contributed by atoms with E-state index in [1.165, 1.54) is 10.4 Å². The van der Waals surface area contributed by atoms with Gasteiger partial charge in [0.05, 0.1) is 6.54 Å². The first-order valence-corrected chi connectivity index (χ1v) is 6.93. The summed E-state index contributed by atoms with van der Waals surface area (Å²) in [5.41, 5.74) is 2.29. The van der Waals surface area contributed by atoms with E-state index < -0.39 is 0 Å². The van der Waals surface area contributed by atoms with Crippen molar-refractivity contribution in [3.05, 3.63) is 33.6 Å². The lowest BCUT2D eigenvalue weighted by Gasteiger charge is -2.08. The summed E-state index contributed by atoms with van der Waals surface area (Å²) < 4.78 is 0. The van der Waals surface area contributed by atoms with E-state index in [1.807, 2.05) is 19.9 Å². The highest BCUT2D eigenvalue weighted by atomic mass is 32.1. The highest BCUT2D eigenvalue weighted by Gasteiger charge is 2.03. The van der Waals surface area contributed by atoms with Gasteiger partial charge in [-0.3, -0.25) is 0 Å². The number of nitrogens with zero attached hydrogens (tertiary/aromatic N) is 2. The normalized spacial score (nSPS) is 10.4. The molecule has 2 rings (SSSR count). The Labute approximate surface area is 111 Å². The van der Waals surface area contributed by atoms with Crippen LogP contribution in [0.15, 0.2) is 17.5 Å². The molecule has 5 heteroatoms. The van der Waals surface area contributed by atoms with Crippen LogP contribution in [-0.4, -0.2) is 16.5 Å². The third-order valence-electron chi connectivity index (χ3n) is 2.59. The van der Waals surface area contributed by atoms with E-state index in [-0.39, 0.29) is 0 Å². The van der Waals surface area contributed by atoms with Crippen LogP contribution in [0.25, 0.3) is 0 Å². The molecular formula is C13H18N4S. The zero-order valence-corrected chi connectivity index (χ0v) is 11.8. The molecule has 2 N–H and O–H groups in total. The van der Waals surface area contributed by atoms with Gasteiger partial charge in [0.15, 0.2) is 0 Å². The van der Waals surface area contributed by atoms with Gasteiger partial charge in [-0.25, -0.2) is 4.98 Å². The topological polar surface area (TPSA) is 49.8 Å². The first-order valence-electron chi connectivity index (χ1n) is 6.05. The van der Waals surface area contributed by atoms with E-state index in [0.717, 1.165) is 24.6 Å². The highest BCUT2D eigenvalue weighted by Crippen LogP contribution is 2.17. The molecule has 0 aromatic carbocycles. The second-order valence-corrected chi connectivity index (χ2v) is 5.13. The Kier molecular flexibility index (Phi) is 4.15. The fourth-order valence-electron chi connectivity index (χ4n) is 1.65. The van der Waals surface area contributed by atoms with Crippen molar-refractivity contribution >= 4 is 23.1 Å². The Bertz CT molecular complexity index is 521. The molecule has 0 aliphatic heterocycles. The summed E-state index contributed by atoms with van der Waals surface area (Å²) in [6, 6.07) is 4.10. The number of rotatable bonds is 5. The summed E-state index contributed by atoms with van der Waals surface area (Å²) in [5, 5.41) is 8.59.